The molecule has 0 bridgehead atoms. The van der Waals surface area contributed by atoms with E-state index in [0.717, 1.165) is 5.56 Å². The highest BCUT2D eigenvalue weighted by Gasteiger charge is 2.40. The van der Waals surface area contributed by atoms with Crippen molar-refractivity contribution in [2.45, 2.75) is 26.2 Å². The van der Waals surface area contributed by atoms with Gasteiger partial charge in [-0.15, -0.1) is 0 Å². The van der Waals surface area contributed by atoms with Gasteiger partial charge in [0.2, 0.25) is 0 Å². The minimum absolute atomic E-state index is 0.00336. The van der Waals surface area contributed by atoms with Gasteiger partial charge in [0.1, 0.15) is 0 Å². The summed E-state index contributed by atoms with van der Waals surface area (Å²) in [6.45, 7) is 3.78. The van der Waals surface area contributed by atoms with Crippen molar-refractivity contribution in [2.24, 2.45) is 0 Å². The Kier molecular flexibility index (Phi) is 7.73. The first-order valence-corrected chi connectivity index (χ1v) is 10.6. The Morgan fingerprint density at radius 1 is 1.03 bits per heavy atom. The van der Waals surface area contributed by atoms with Crippen molar-refractivity contribution in [3.63, 3.8) is 0 Å². The largest absolute Gasteiger partial charge is 0.463 e. The maximum absolute atomic E-state index is 13.1. The zero-order chi connectivity index (χ0) is 22.5. The Hall–Kier alpha value is -2.38. The molecule has 2 atom stereocenters. The number of ketones is 1. The molecule has 1 heterocycles. The smallest absolute Gasteiger partial charge is 0.337 e. The fourth-order valence-electron chi connectivity index (χ4n) is 3.59. The van der Waals surface area contributed by atoms with Crippen LogP contribution in [-0.4, -0.2) is 43.3 Å². The molecule has 0 saturated heterocycles. The quantitative estimate of drug-likeness (QED) is 0.479. The molecule has 0 radical (unpaired) electrons. The molecule has 1 aliphatic heterocycles. The minimum Gasteiger partial charge on any atom is -0.463 e. The third-order valence-electron chi connectivity index (χ3n) is 5.05. The number of halogens is 2. The van der Waals surface area contributed by atoms with E-state index in [0.29, 0.717) is 26.9 Å². The normalized spacial score (nSPS) is 19.1. The molecule has 164 valence electrons. The van der Waals surface area contributed by atoms with Gasteiger partial charge in [-0.25, -0.2) is 9.69 Å². The Balaban J connectivity index is 2.05. The number of methoxy groups -OCH3 is 1. The molecule has 0 amide bonds. The number of carbonyl (C=O) groups excluding carboxylic acids is 2. The molecule has 0 fully saturated rings. The van der Waals surface area contributed by atoms with E-state index in [1.54, 1.807) is 62.3 Å². The summed E-state index contributed by atoms with van der Waals surface area (Å²) in [6, 6.07) is 13.3. The van der Waals surface area contributed by atoms with Crippen LogP contribution in [0.5, 0.6) is 0 Å². The Morgan fingerprint density at radius 2 is 1.61 bits per heavy atom. The predicted molar refractivity (Wildman–Crippen MR) is 120 cm³/mol. The lowest BCUT2D eigenvalue weighted by Crippen LogP contribution is -2.55. The fourth-order valence-corrected chi connectivity index (χ4v) is 3.84. The van der Waals surface area contributed by atoms with Crippen LogP contribution < -0.4 is 5.32 Å². The van der Waals surface area contributed by atoms with E-state index in [2.05, 4.69) is 5.32 Å². The lowest BCUT2D eigenvalue weighted by Gasteiger charge is -2.42. The maximum Gasteiger partial charge on any atom is 0.337 e. The topological polar surface area (TPSA) is 67.9 Å². The maximum atomic E-state index is 13.1. The number of carbonyl (C=O) groups is 2. The number of allylic oxidation sites excluding steroid dienone is 1. The average Bonchev–Trinajstić information content (AvgIpc) is 2.75. The zero-order valence-electron chi connectivity index (χ0n) is 17.5. The van der Waals surface area contributed by atoms with Crippen LogP contribution in [0.3, 0.4) is 0 Å². The van der Waals surface area contributed by atoms with Crippen LogP contribution in [0, 0.1) is 0 Å². The first kappa shape index (κ1) is 23.3. The predicted octanol–water partition coefficient (Wildman–Crippen LogP) is 4.59. The number of hydrogen-bond donors (Lipinski definition) is 1. The summed E-state index contributed by atoms with van der Waals surface area (Å²) in [5.74, 6) is -0.590. The molecular weight excluding hydrogens is 439 g/mol. The molecule has 0 aliphatic carbocycles. The van der Waals surface area contributed by atoms with Crippen LogP contribution in [-0.2, 0) is 14.3 Å². The summed E-state index contributed by atoms with van der Waals surface area (Å²) < 4.78 is 10.9. The second-order valence-electron chi connectivity index (χ2n) is 7.05. The molecule has 8 heteroatoms. The van der Waals surface area contributed by atoms with Gasteiger partial charge in [0.25, 0.3) is 0 Å². The van der Waals surface area contributed by atoms with Crippen LogP contribution in [0.2, 0.25) is 10.0 Å². The molecule has 1 N–H and O–H groups in total. The molecule has 2 aromatic rings. The molecule has 2 unspecified atom stereocenters. The van der Waals surface area contributed by atoms with Gasteiger partial charge in [-0.1, -0.05) is 35.3 Å². The third-order valence-corrected chi connectivity index (χ3v) is 5.55. The van der Waals surface area contributed by atoms with Gasteiger partial charge < -0.3 is 14.8 Å². The standard InChI is InChI=1S/C23H24Cl2N2O4/c1-4-31-22(29)20-14(2)26-23(30-3)27(21(20)16-7-11-18(25)12-8-16)13-19(28)15-5-9-17(24)10-6-15/h5-12,21,23,26H,4,13H2,1-3H3. The second kappa shape index (κ2) is 10.3. The lowest BCUT2D eigenvalue weighted by atomic mass is 9.93. The van der Waals surface area contributed by atoms with Crippen LogP contribution >= 0.6 is 23.2 Å². The fraction of sp³-hybridized carbons (Fsp3) is 0.304. The minimum atomic E-state index is -0.630. The number of hydrogen-bond acceptors (Lipinski definition) is 6. The number of ether oxygens (including phenoxy) is 2. The zero-order valence-corrected chi connectivity index (χ0v) is 19.0. The Morgan fingerprint density at radius 3 is 2.16 bits per heavy atom. The van der Waals surface area contributed by atoms with E-state index in [4.69, 9.17) is 32.7 Å². The van der Waals surface area contributed by atoms with E-state index in [-0.39, 0.29) is 18.9 Å². The number of nitrogens with zero attached hydrogens (tertiary/aromatic N) is 1. The molecule has 6 nitrogen and oxygen atoms in total. The molecule has 0 aromatic heterocycles. The second-order valence-corrected chi connectivity index (χ2v) is 7.92. The summed E-state index contributed by atoms with van der Waals surface area (Å²) in [7, 11) is 1.54. The lowest BCUT2D eigenvalue weighted by molar-refractivity contribution is -0.141. The SMILES string of the molecule is CCOC(=O)C1=C(C)NC(OC)N(CC(=O)c2ccc(Cl)cc2)C1c1ccc(Cl)cc1. The van der Waals surface area contributed by atoms with Crippen molar-refractivity contribution in [3.05, 3.63) is 81.0 Å². The Bertz CT molecular complexity index is 974. The summed E-state index contributed by atoms with van der Waals surface area (Å²) in [6.07, 6.45) is -0.630. The first-order valence-electron chi connectivity index (χ1n) is 9.83. The number of benzene rings is 2. The van der Waals surface area contributed by atoms with E-state index in [9.17, 15) is 9.59 Å². The monoisotopic (exact) mass is 462 g/mol. The van der Waals surface area contributed by atoms with Crippen LogP contribution in [0.15, 0.2) is 59.8 Å². The van der Waals surface area contributed by atoms with Gasteiger partial charge in [-0.2, -0.15) is 0 Å². The number of esters is 1. The molecule has 31 heavy (non-hydrogen) atoms. The summed E-state index contributed by atoms with van der Waals surface area (Å²) in [4.78, 5) is 27.7. The molecular formula is C23H24Cl2N2O4. The molecule has 0 saturated carbocycles. The molecule has 3 rings (SSSR count). The van der Waals surface area contributed by atoms with Crippen molar-refractivity contribution in [3.8, 4) is 0 Å². The summed E-state index contributed by atoms with van der Waals surface area (Å²) in [5.41, 5.74) is 2.35. The van der Waals surface area contributed by atoms with Crippen molar-refractivity contribution in [1.29, 1.82) is 0 Å². The van der Waals surface area contributed by atoms with E-state index in [1.165, 1.54) is 0 Å². The third kappa shape index (κ3) is 5.28. The Labute approximate surface area is 191 Å². The van der Waals surface area contributed by atoms with Crippen molar-refractivity contribution < 1.29 is 19.1 Å². The first-order chi connectivity index (χ1) is 14.8. The van der Waals surface area contributed by atoms with Gasteiger partial charge >= 0.3 is 5.97 Å². The summed E-state index contributed by atoms with van der Waals surface area (Å²) in [5, 5.41) is 4.29. The number of rotatable bonds is 7. The number of nitrogens with one attached hydrogen (secondary N) is 1. The van der Waals surface area contributed by atoms with Crippen molar-refractivity contribution in [2.75, 3.05) is 20.3 Å². The average molecular weight is 463 g/mol. The van der Waals surface area contributed by atoms with Crippen LogP contribution in [0.1, 0.15) is 35.8 Å². The van der Waals surface area contributed by atoms with E-state index >= 15 is 0 Å². The number of Topliss-reactive ketones (excluding diaryl/α,β-unsaturated/α-hetero) is 1. The molecule has 0 spiro atoms. The van der Waals surface area contributed by atoms with Crippen LogP contribution in [0.25, 0.3) is 0 Å². The highest BCUT2D eigenvalue weighted by molar-refractivity contribution is 6.30. The van der Waals surface area contributed by atoms with E-state index < -0.39 is 18.4 Å². The van der Waals surface area contributed by atoms with Gasteiger partial charge in [-0.05, 0) is 55.8 Å². The van der Waals surface area contributed by atoms with Gasteiger partial charge in [0.05, 0.1) is 24.8 Å². The van der Waals surface area contributed by atoms with Gasteiger partial charge in [0, 0.05) is 28.4 Å². The van der Waals surface area contributed by atoms with Crippen molar-refractivity contribution in [1.82, 2.24) is 10.2 Å². The molecule has 2 aromatic carbocycles. The molecule has 1 aliphatic rings. The van der Waals surface area contributed by atoms with Gasteiger partial charge in [0.15, 0.2) is 12.1 Å². The highest BCUT2D eigenvalue weighted by Crippen LogP contribution is 2.36. The van der Waals surface area contributed by atoms with Crippen LogP contribution in [0.4, 0.5) is 0 Å². The van der Waals surface area contributed by atoms with Gasteiger partial charge in [-0.3, -0.25) is 4.79 Å². The van der Waals surface area contributed by atoms with E-state index in [1.807, 2.05) is 12.1 Å². The van der Waals surface area contributed by atoms with Crippen molar-refractivity contribution >= 4 is 35.0 Å². The highest BCUT2D eigenvalue weighted by atomic mass is 35.5. The summed E-state index contributed by atoms with van der Waals surface area (Å²) >= 11 is 12.0.